The first kappa shape index (κ1) is 12.2. The number of nitrogens with one attached hydrogen (secondary N) is 1. The smallest absolute Gasteiger partial charge is 0.140 e. The van der Waals surface area contributed by atoms with Crippen molar-refractivity contribution in [1.82, 2.24) is 4.98 Å². The van der Waals surface area contributed by atoms with E-state index in [1.54, 1.807) is 0 Å². The van der Waals surface area contributed by atoms with Gasteiger partial charge in [-0.05, 0) is 90.8 Å². The van der Waals surface area contributed by atoms with Gasteiger partial charge in [-0.25, -0.2) is 4.98 Å². The van der Waals surface area contributed by atoms with Crippen molar-refractivity contribution >= 4 is 21.7 Å². The molecule has 19 heavy (non-hydrogen) atoms. The average molecular weight is 321 g/mol. The Morgan fingerprint density at radius 3 is 2.26 bits per heavy atom. The molecule has 4 bridgehead atoms. The van der Waals surface area contributed by atoms with Crippen molar-refractivity contribution in [2.75, 3.05) is 5.32 Å². The Bertz CT molecular complexity index is 476. The third kappa shape index (κ3) is 2.10. The minimum absolute atomic E-state index is 0.347. The van der Waals surface area contributed by atoms with Crippen molar-refractivity contribution in [3.63, 3.8) is 0 Å². The quantitative estimate of drug-likeness (QED) is 0.865. The Hall–Kier alpha value is -0.570. The molecule has 1 heterocycles. The molecular formula is C16H21BrN2. The van der Waals surface area contributed by atoms with Crippen LogP contribution < -0.4 is 5.32 Å². The minimum Gasteiger partial charge on any atom is -0.364 e. The third-order valence-electron chi connectivity index (χ3n) is 5.40. The van der Waals surface area contributed by atoms with Crippen molar-refractivity contribution in [3.8, 4) is 0 Å². The average Bonchev–Trinajstić information content (AvgIpc) is 2.31. The van der Waals surface area contributed by atoms with Crippen LogP contribution in [0.4, 0.5) is 5.82 Å². The van der Waals surface area contributed by atoms with Crippen LogP contribution in [0.1, 0.15) is 44.1 Å². The van der Waals surface area contributed by atoms with Crippen molar-refractivity contribution in [3.05, 3.63) is 22.3 Å². The molecule has 1 N–H and O–H groups in total. The number of anilines is 1. The fraction of sp³-hybridized carbons (Fsp3) is 0.688. The van der Waals surface area contributed by atoms with E-state index in [0.717, 1.165) is 28.0 Å². The van der Waals surface area contributed by atoms with Gasteiger partial charge in [0.25, 0.3) is 0 Å². The van der Waals surface area contributed by atoms with E-state index in [4.69, 9.17) is 0 Å². The Labute approximate surface area is 123 Å². The van der Waals surface area contributed by atoms with Gasteiger partial charge < -0.3 is 5.32 Å². The Morgan fingerprint density at radius 1 is 1.16 bits per heavy atom. The summed E-state index contributed by atoms with van der Waals surface area (Å²) in [4.78, 5) is 4.60. The summed E-state index contributed by atoms with van der Waals surface area (Å²) in [5.74, 6) is 3.97. The monoisotopic (exact) mass is 320 g/mol. The number of hydrogen-bond donors (Lipinski definition) is 1. The van der Waals surface area contributed by atoms with Gasteiger partial charge in [0.05, 0.1) is 4.47 Å². The van der Waals surface area contributed by atoms with Crippen LogP contribution in [-0.2, 0) is 0 Å². The highest BCUT2D eigenvalue weighted by Gasteiger charge is 2.51. The first-order valence-electron chi connectivity index (χ1n) is 7.52. The maximum absolute atomic E-state index is 4.60. The highest BCUT2D eigenvalue weighted by atomic mass is 79.9. The second-order valence-corrected chi connectivity index (χ2v) is 8.02. The lowest BCUT2D eigenvalue weighted by molar-refractivity contribution is 0.0105. The lowest BCUT2D eigenvalue weighted by Gasteiger charge is -2.57. The molecule has 0 amide bonds. The van der Waals surface area contributed by atoms with Crippen LogP contribution in [-0.4, -0.2) is 10.5 Å². The molecule has 4 saturated carbocycles. The summed E-state index contributed by atoms with van der Waals surface area (Å²) in [6.07, 6.45) is 10.5. The fourth-order valence-corrected chi connectivity index (χ4v) is 5.70. The van der Waals surface area contributed by atoms with E-state index in [-0.39, 0.29) is 0 Å². The molecule has 102 valence electrons. The summed E-state index contributed by atoms with van der Waals surface area (Å²) >= 11 is 3.66. The van der Waals surface area contributed by atoms with Gasteiger partial charge in [0, 0.05) is 11.7 Å². The van der Waals surface area contributed by atoms with E-state index in [0.29, 0.717) is 5.54 Å². The van der Waals surface area contributed by atoms with Gasteiger partial charge in [-0.2, -0.15) is 0 Å². The maximum atomic E-state index is 4.60. The molecule has 1 aromatic heterocycles. The van der Waals surface area contributed by atoms with Crippen molar-refractivity contribution in [2.24, 2.45) is 17.8 Å². The summed E-state index contributed by atoms with van der Waals surface area (Å²) in [6.45, 7) is 2.09. The molecule has 0 aromatic carbocycles. The summed E-state index contributed by atoms with van der Waals surface area (Å²) < 4.78 is 1.11. The molecule has 0 unspecified atom stereocenters. The second kappa shape index (κ2) is 4.21. The molecule has 1 aromatic rings. The number of nitrogens with zero attached hydrogens (tertiary/aromatic N) is 1. The van der Waals surface area contributed by atoms with Crippen LogP contribution in [0, 0.1) is 24.7 Å². The summed E-state index contributed by atoms with van der Waals surface area (Å²) in [7, 11) is 0. The largest absolute Gasteiger partial charge is 0.364 e. The topological polar surface area (TPSA) is 24.9 Å². The van der Waals surface area contributed by atoms with Gasteiger partial charge in [-0.3, -0.25) is 0 Å². The van der Waals surface area contributed by atoms with Crippen molar-refractivity contribution in [1.29, 1.82) is 0 Å². The van der Waals surface area contributed by atoms with Crippen LogP contribution in [0.15, 0.2) is 16.7 Å². The molecule has 0 spiro atoms. The first-order valence-corrected chi connectivity index (χ1v) is 8.31. The zero-order chi connectivity index (χ0) is 13.0. The Kier molecular flexibility index (Phi) is 2.70. The molecule has 3 heteroatoms. The normalized spacial score (nSPS) is 39.6. The third-order valence-corrected chi connectivity index (χ3v) is 6.00. The van der Waals surface area contributed by atoms with Crippen LogP contribution in [0.2, 0.25) is 0 Å². The van der Waals surface area contributed by atoms with Gasteiger partial charge in [-0.15, -0.1) is 0 Å². The molecule has 4 fully saturated rings. The molecule has 4 aliphatic carbocycles. The lowest BCUT2D eigenvalue weighted by Crippen LogP contribution is -2.54. The first-order chi connectivity index (χ1) is 9.12. The number of aryl methyl sites for hydroxylation is 1. The van der Waals surface area contributed by atoms with Crippen LogP contribution >= 0.6 is 15.9 Å². The number of hydrogen-bond acceptors (Lipinski definition) is 2. The number of aromatic nitrogens is 1. The Morgan fingerprint density at radius 2 is 1.74 bits per heavy atom. The number of pyridine rings is 1. The molecule has 4 aliphatic rings. The van der Waals surface area contributed by atoms with Crippen LogP contribution in [0.3, 0.4) is 0 Å². The van der Waals surface area contributed by atoms with Crippen molar-refractivity contribution in [2.45, 2.75) is 51.0 Å². The van der Waals surface area contributed by atoms with Crippen molar-refractivity contribution < 1.29 is 0 Å². The highest BCUT2D eigenvalue weighted by Crippen LogP contribution is 2.56. The minimum atomic E-state index is 0.347. The molecular weight excluding hydrogens is 300 g/mol. The molecule has 5 rings (SSSR count). The van der Waals surface area contributed by atoms with Crippen LogP contribution in [0.25, 0.3) is 0 Å². The van der Waals surface area contributed by atoms with E-state index >= 15 is 0 Å². The Balaban J connectivity index is 1.62. The fourth-order valence-electron chi connectivity index (χ4n) is 5.14. The maximum Gasteiger partial charge on any atom is 0.140 e. The SMILES string of the molecule is Cc1cnc(NC23CC4CC(CC(C4)C2)C3)c(Br)c1. The highest BCUT2D eigenvalue weighted by molar-refractivity contribution is 9.10. The van der Waals surface area contributed by atoms with E-state index in [1.807, 2.05) is 6.20 Å². The molecule has 0 radical (unpaired) electrons. The van der Waals surface area contributed by atoms with Gasteiger partial charge in [0.1, 0.15) is 5.82 Å². The number of rotatable bonds is 2. The van der Waals surface area contributed by atoms with E-state index in [1.165, 1.54) is 44.1 Å². The molecule has 0 aliphatic heterocycles. The van der Waals surface area contributed by atoms with E-state index in [9.17, 15) is 0 Å². The summed E-state index contributed by atoms with van der Waals surface area (Å²) in [5.41, 5.74) is 1.56. The van der Waals surface area contributed by atoms with Crippen LogP contribution in [0.5, 0.6) is 0 Å². The van der Waals surface area contributed by atoms with E-state index < -0.39 is 0 Å². The standard InChI is InChI=1S/C16H21BrN2/c1-10-2-14(17)15(18-9-10)19-16-6-11-3-12(7-16)5-13(4-11)8-16/h2,9,11-13H,3-8H2,1H3,(H,18,19). The van der Waals surface area contributed by atoms with E-state index in [2.05, 4.69) is 39.2 Å². The summed E-state index contributed by atoms with van der Waals surface area (Å²) in [6, 6.07) is 2.16. The predicted octanol–water partition coefficient (Wildman–Crippen LogP) is 4.53. The second-order valence-electron chi connectivity index (χ2n) is 7.17. The molecule has 0 saturated heterocycles. The zero-order valence-corrected chi connectivity index (χ0v) is 13.0. The van der Waals surface area contributed by atoms with Gasteiger partial charge in [0.15, 0.2) is 0 Å². The van der Waals surface area contributed by atoms with Gasteiger partial charge in [0.2, 0.25) is 0 Å². The predicted molar refractivity (Wildman–Crippen MR) is 81.2 cm³/mol. The summed E-state index contributed by atoms with van der Waals surface area (Å²) in [5, 5.41) is 3.82. The lowest BCUT2D eigenvalue weighted by atomic mass is 9.53. The van der Waals surface area contributed by atoms with Gasteiger partial charge in [-0.1, -0.05) is 0 Å². The molecule has 2 nitrogen and oxygen atoms in total. The molecule has 0 atom stereocenters. The van der Waals surface area contributed by atoms with Gasteiger partial charge >= 0.3 is 0 Å². The zero-order valence-electron chi connectivity index (χ0n) is 11.5. The number of halogens is 1.